The zero-order valence-electron chi connectivity index (χ0n) is 10.9. The summed E-state index contributed by atoms with van der Waals surface area (Å²) in [4.78, 5) is 11.9. The molecule has 2 aromatic carbocycles. The minimum atomic E-state index is -0.309. The number of para-hydroxylation sites is 1. The van der Waals surface area contributed by atoms with Crippen molar-refractivity contribution in [1.82, 2.24) is 0 Å². The highest BCUT2D eigenvalue weighted by Gasteiger charge is 2.07. The smallest absolute Gasteiger partial charge is 0.283 e. The molecule has 2 aromatic rings. The molecule has 5 heteroatoms. The SMILES string of the molecule is Cc1ccc(N/N=C(/Br)C(=O)Nc2ccccc2)cc1. The number of benzene rings is 2. The highest BCUT2D eigenvalue weighted by molar-refractivity contribution is 9.19. The Bertz CT molecular complexity index is 609. The Morgan fingerprint density at radius 3 is 2.30 bits per heavy atom. The molecule has 2 rings (SSSR count). The Labute approximate surface area is 126 Å². The molecule has 0 saturated heterocycles. The number of halogens is 1. The number of anilines is 2. The Balaban J connectivity index is 1.96. The summed E-state index contributed by atoms with van der Waals surface area (Å²) < 4.78 is 0.182. The maximum Gasteiger partial charge on any atom is 0.283 e. The van der Waals surface area contributed by atoms with Crippen LogP contribution >= 0.6 is 15.9 Å². The molecule has 0 spiro atoms. The van der Waals surface area contributed by atoms with E-state index in [-0.39, 0.29) is 10.5 Å². The topological polar surface area (TPSA) is 53.5 Å². The average molecular weight is 332 g/mol. The van der Waals surface area contributed by atoms with Crippen molar-refractivity contribution in [1.29, 1.82) is 0 Å². The van der Waals surface area contributed by atoms with Gasteiger partial charge < -0.3 is 5.32 Å². The van der Waals surface area contributed by atoms with E-state index in [2.05, 4.69) is 31.8 Å². The summed E-state index contributed by atoms with van der Waals surface area (Å²) in [6, 6.07) is 16.9. The molecule has 0 saturated carbocycles. The summed E-state index contributed by atoms with van der Waals surface area (Å²) in [5, 5.41) is 6.72. The molecule has 0 heterocycles. The number of carbonyl (C=O) groups excluding carboxylic acids is 1. The lowest BCUT2D eigenvalue weighted by Crippen LogP contribution is -2.19. The molecule has 1 amide bonds. The first kappa shape index (κ1) is 14.3. The van der Waals surface area contributed by atoms with Gasteiger partial charge >= 0.3 is 0 Å². The fourth-order valence-corrected chi connectivity index (χ4v) is 1.68. The molecule has 0 aliphatic heterocycles. The van der Waals surface area contributed by atoms with E-state index in [0.717, 1.165) is 11.4 Å². The van der Waals surface area contributed by atoms with Gasteiger partial charge in [0.15, 0.2) is 4.62 Å². The van der Waals surface area contributed by atoms with Crippen LogP contribution in [0.3, 0.4) is 0 Å². The highest BCUT2D eigenvalue weighted by atomic mass is 79.9. The molecule has 0 bridgehead atoms. The third kappa shape index (κ3) is 4.20. The van der Waals surface area contributed by atoms with Gasteiger partial charge in [0.25, 0.3) is 5.91 Å². The summed E-state index contributed by atoms with van der Waals surface area (Å²) >= 11 is 3.15. The zero-order chi connectivity index (χ0) is 14.4. The summed E-state index contributed by atoms with van der Waals surface area (Å²) in [6.45, 7) is 2.01. The Morgan fingerprint density at radius 2 is 1.65 bits per heavy atom. The van der Waals surface area contributed by atoms with Gasteiger partial charge in [-0.05, 0) is 47.1 Å². The average Bonchev–Trinajstić information content (AvgIpc) is 2.47. The van der Waals surface area contributed by atoms with Crippen LogP contribution in [0.2, 0.25) is 0 Å². The van der Waals surface area contributed by atoms with Gasteiger partial charge in [0, 0.05) is 5.69 Å². The van der Waals surface area contributed by atoms with Crippen LogP contribution in [-0.2, 0) is 4.79 Å². The normalized spacial score (nSPS) is 11.0. The molecule has 0 atom stereocenters. The third-order valence-corrected chi connectivity index (χ3v) is 3.09. The van der Waals surface area contributed by atoms with E-state index in [1.807, 2.05) is 61.5 Å². The number of hydrogen-bond acceptors (Lipinski definition) is 3. The van der Waals surface area contributed by atoms with Crippen LogP contribution in [0, 0.1) is 6.92 Å². The molecule has 4 nitrogen and oxygen atoms in total. The Kier molecular flexibility index (Phi) is 4.90. The first-order valence-corrected chi connectivity index (χ1v) is 6.87. The molecular weight excluding hydrogens is 318 g/mol. The number of nitrogens with zero attached hydrogens (tertiary/aromatic N) is 1. The number of rotatable bonds is 4. The lowest BCUT2D eigenvalue weighted by molar-refractivity contribution is -0.110. The van der Waals surface area contributed by atoms with Crippen molar-refractivity contribution in [2.75, 3.05) is 10.7 Å². The Hall–Kier alpha value is -2.14. The summed E-state index contributed by atoms with van der Waals surface area (Å²) in [5.41, 5.74) is 5.53. The lowest BCUT2D eigenvalue weighted by Gasteiger charge is -2.04. The highest BCUT2D eigenvalue weighted by Crippen LogP contribution is 2.10. The van der Waals surface area contributed by atoms with Crippen LogP contribution in [-0.4, -0.2) is 10.5 Å². The van der Waals surface area contributed by atoms with Crippen LogP contribution in [0.15, 0.2) is 59.7 Å². The van der Waals surface area contributed by atoms with Crippen molar-refractivity contribution < 1.29 is 4.79 Å². The van der Waals surface area contributed by atoms with Gasteiger partial charge in [-0.3, -0.25) is 10.2 Å². The molecule has 0 fully saturated rings. The number of nitrogens with one attached hydrogen (secondary N) is 2. The molecule has 2 N–H and O–H groups in total. The van der Waals surface area contributed by atoms with Gasteiger partial charge in [-0.15, -0.1) is 0 Å². The Morgan fingerprint density at radius 1 is 1.00 bits per heavy atom. The molecule has 0 aliphatic carbocycles. The van der Waals surface area contributed by atoms with Crippen molar-refractivity contribution >= 4 is 37.8 Å². The number of hydrazone groups is 1. The molecule has 0 unspecified atom stereocenters. The minimum absolute atomic E-state index is 0.182. The van der Waals surface area contributed by atoms with Crippen molar-refractivity contribution in [3.8, 4) is 0 Å². The third-order valence-electron chi connectivity index (χ3n) is 2.55. The first-order valence-electron chi connectivity index (χ1n) is 6.07. The molecular formula is C15H14BrN3O. The van der Waals surface area contributed by atoms with Crippen LogP contribution in [0.5, 0.6) is 0 Å². The fraction of sp³-hybridized carbons (Fsp3) is 0.0667. The van der Waals surface area contributed by atoms with Gasteiger partial charge in [0.1, 0.15) is 0 Å². The quantitative estimate of drug-likeness (QED) is 0.662. The summed E-state index contributed by atoms with van der Waals surface area (Å²) in [6.07, 6.45) is 0. The van der Waals surface area contributed by atoms with Crippen LogP contribution < -0.4 is 10.7 Å². The molecule has 20 heavy (non-hydrogen) atoms. The van der Waals surface area contributed by atoms with Gasteiger partial charge in [0.05, 0.1) is 5.69 Å². The summed E-state index contributed by atoms with van der Waals surface area (Å²) in [5.74, 6) is -0.309. The summed E-state index contributed by atoms with van der Waals surface area (Å²) in [7, 11) is 0. The van der Waals surface area contributed by atoms with Gasteiger partial charge in [-0.1, -0.05) is 35.9 Å². The van der Waals surface area contributed by atoms with Gasteiger partial charge in [0.2, 0.25) is 0 Å². The monoisotopic (exact) mass is 331 g/mol. The number of hydrogen-bond donors (Lipinski definition) is 2. The van der Waals surface area contributed by atoms with Gasteiger partial charge in [-0.25, -0.2) is 0 Å². The van der Waals surface area contributed by atoms with Crippen LogP contribution in [0.1, 0.15) is 5.56 Å². The minimum Gasteiger partial charge on any atom is -0.320 e. The maximum atomic E-state index is 11.9. The van der Waals surface area contributed by atoms with E-state index < -0.39 is 0 Å². The van der Waals surface area contributed by atoms with E-state index in [1.54, 1.807) is 0 Å². The number of carbonyl (C=O) groups is 1. The second kappa shape index (κ2) is 6.86. The van der Waals surface area contributed by atoms with Crippen molar-refractivity contribution in [2.45, 2.75) is 6.92 Å². The van der Waals surface area contributed by atoms with E-state index in [0.29, 0.717) is 0 Å². The second-order valence-corrected chi connectivity index (χ2v) is 4.95. The molecule has 102 valence electrons. The molecule has 0 aromatic heterocycles. The largest absolute Gasteiger partial charge is 0.320 e. The van der Waals surface area contributed by atoms with Gasteiger partial charge in [-0.2, -0.15) is 5.10 Å². The molecule has 0 radical (unpaired) electrons. The van der Waals surface area contributed by atoms with Crippen LogP contribution in [0.25, 0.3) is 0 Å². The zero-order valence-corrected chi connectivity index (χ0v) is 12.5. The second-order valence-electron chi connectivity index (χ2n) is 4.20. The van der Waals surface area contributed by atoms with E-state index in [1.165, 1.54) is 5.56 Å². The van der Waals surface area contributed by atoms with Crippen molar-refractivity contribution in [3.05, 3.63) is 60.2 Å². The molecule has 0 aliphatic rings. The first-order chi connectivity index (χ1) is 9.65. The number of aryl methyl sites for hydroxylation is 1. The lowest BCUT2D eigenvalue weighted by atomic mass is 10.2. The standard InChI is InChI=1S/C15H14BrN3O/c1-11-7-9-13(10-8-11)18-19-14(16)15(20)17-12-5-3-2-4-6-12/h2-10,18H,1H3,(H,17,20)/b19-14+. The van der Waals surface area contributed by atoms with Crippen molar-refractivity contribution in [2.24, 2.45) is 5.10 Å². The van der Waals surface area contributed by atoms with E-state index >= 15 is 0 Å². The predicted molar refractivity (Wildman–Crippen MR) is 86.2 cm³/mol. The predicted octanol–water partition coefficient (Wildman–Crippen LogP) is 3.75. The fourth-order valence-electron chi connectivity index (χ4n) is 1.50. The van der Waals surface area contributed by atoms with Crippen LogP contribution in [0.4, 0.5) is 11.4 Å². The van der Waals surface area contributed by atoms with E-state index in [4.69, 9.17) is 0 Å². The number of amides is 1. The van der Waals surface area contributed by atoms with E-state index in [9.17, 15) is 4.79 Å². The van der Waals surface area contributed by atoms with Crippen molar-refractivity contribution in [3.63, 3.8) is 0 Å². The maximum absolute atomic E-state index is 11.9.